The van der Waals surface area contributed by atoms with Gasteiger partial charge >= 0.3 is 0 Å². The van der Waals surface area contributed by atoms with Gasteiger partial charge in [0.05, 0.1) is 28.5 Å². The number of nitrogens with one attached hydrogen (secondary N) is 1. The predicted octanol–water partition coefficient (Wildman–Crippen LogP) is 3.18. The van der Waals surface area contributed by atoms with E-state index in [0.29, 0.717) is 10.0 Å². The topological polar surface area (TPSA) is 54.0 Å². The van der Waals surface area contributed by atoms with Crippen molar-refractivity contribution in [3.63, 3.8) is 0 Å². The van der Waals surface area contributed by atoms with Crippen LogP contribution in [0.1, 0.15) is 29.7 Å². The molecule has 2 aliphatic rings. The molecule has 7 heteroatoms. The molecule has 2 aliphatic heterocycles. The summed E-state index contributed by atoms with van der Waals surface area (Å²) in [5.41, 5.74) is 3.21. The first kappa shape index (κ1) is 15.4. The van der Waals surface area contributed by atoms with Crippen LogP contribution in [0.25, 0.3) is 0 Å². The molecule has 2 aromatic heterocycles. The van der Waals surface area contributed by atoms with Gasteiger partial charge in [-0.25, -0.2) is 0 Å². The van der Waals surface area contributed by atoms with Gasteiger partial charge in [-0.15, -0.1) is 0 Å². The minimum Gasteiger partial charge on any atom is -0.368 e. The molecule has 0 radical (unpaired) electrons. The van der Waals surface area contributed by atoms with Crippen LogP contribution in [-0.4, -0.2) is 39.8 Å². The van der Waals surface area contributed by atoms with Crippen LogP contribution in [0.15, 0.2) is 18.6 Å². The number of aromatic amines is 1. The molecule has 0 atom stereocenters. The first-order valence-electron chi connectivity index (χ1n) is 7.85. The fourth-order valence-corrected chi connectivity index (χ4v) is 4.09. The molecular formula is C16H18Cl2N4O. The quantitative estimate of drug-likeness (QED) is 0.901. The van der Waals surface area contributed by atoms with Crippen LogP contribution in [0.4, 0.5) is 0 Å². The molecule has 1 N–H and O–H groups in total. The van der Waals surface area contributed by atoms with Crippen molar-refractivity contribution < 1.29 is 4.74 Å². The molecule has 0 bridgehead atoms. The third kappa shape index (κ3) is 2.76. The van der Waals surface area contributed by atoms with Crippen LogP contribution in [0.3, 0.4) is 0 Å². The van der Waals surface area contributed by atoms with Crippen LogP contribution in [0.5, 0.6) is 0 Å². The van der Waals surface area contributed by atoms with Crippen LogP contribution in [0, 0.1) is 0 Å². The standard InChI is InChI=1S/C16H18Cl2N4O/c17-13-8-19-9-14(18)12(13)10-22-4-2-16(3-5-22)15-11(1-6-23-16)7-20-21-15/h7-9H,1-6,10H2,(H,20,21). The summed E-state index contributed by atoms with van der Waals surface area (Å²) in [6.07, 6.45) is 8.07. The molecule has 0 aromatic carbocycles. The smallest absolute Gasteiger partial charge is 0.112 e. The Hall–Kier alpha value is -1.14. The van der Waals surface area contributed by atoms with Crippen molar-refractivity contribution in [2.24, 2.45) is 0 Å². The van der Waals surface area contributed by atoms with Crippen molar-refractivity contribution in [3.8, 4) is 0 Å². The molecule has 1 spiro atoms. The normalized spacial score (nSPS) is 20.6. The van der Waals surface area contributed by atoms with Crippen molar-refractivity contribution in [2.75, 3.05) is 19.7 Å². The molecular weight excluding hydrogens is 335 g/mol. The van der Waals surface area contributed by atoms with Crippen LogP contribution >= 0.6 is 23.2 Å². The lowest BCUT2D eigenvalue weighted by Crippen LogP contribution is -2.46. The van der Waals surface area contributed by atoms with Gasteiger partial charge in [-0.05, 0) is 24.8 Å². The average molecular weight is 353 g/mol. The summed E-state index contributed by atoms with van der Waals surface area (Å²) < 4.78 is 6.18. The van der Waals surface area contributed by atoms with E-state index in [0.717, 1.165) is 51.1 Å². The summed E-state index contributed by atoms with van der Waals surface area (Å²) in [6, 6.07) is 0. The molecule has 2 aromatic rings. The van der Waals surface area contributed by atoms with Crippen LogP contribution in [-0.2, 0) is 23.3 Å². The zero-order valence-electron chi connectivity index (χ0n) is 12.7. The maximum Gasteiger partial charge on any atom is 0.112 e. The second-order valence-corrected chi connectivity index (χ2v) is 7.04. The molecule has 0 aliphatic carbocycles. The molecule has 0 amide bonds. The summed E-state index contributed by atoms with van der Waals surface area (Å²) in [4.78, 5) is 6.38. The Bertz CT molecular complexity index is 690. The van der Waals surface area contributed by atoms with Crippen LogP contribution in [0.2, 0.25) is 10.0 Å². The molecule has 122 valence electrons. The summed E-state index contributed by atoms with van der Waals surface area (Å²) in [6.45, 7) is 3.39. The van der Waals surface area contributed by atoms with Gasteiger partial charge in [0.25, 0.3) is 0 Å². The second kappa shape index (κ2) is 6.06. The highest BCUT2D eigenvalue weighted by molar-refractivity contribution is 6.35. The van der Waals surface area contributed by atoms with E-state index in [-0.39, 0.29) is 5.60 Å². The number of pyridine rings is 1. The van der Waals surface area contributed by atoms with Gasteiger partial charge < -0.3 is 4.74 Å². The predicted molar refractivity (Wildman–Crippen MR) is 88.7 cm³/mol. The number of hydrogen-bond acceptors (Lipinski definition) is 4. The van der Waals surface area contributed by atoms with Crippen LogP contribution < -0.4 is 0 Å². The van der Waals surface area contributed by atoms with E-state index < -0.39 is 0 Å². The lowest BCUT2D eigenvalue weighted by atomic mass is 9.83. The number of likely N-dealkylation sites (tertiary alicyclic amines) is 1. The number of fused-ring (bicyclic) bond motifs is 2. The molecule has 1 fully saturated rings. The summed E-state index contributed by atoms with van der Waals surface area (Å²) in [5, 5.41) is 8.61. The molecule has 0 saturated carbocycles. The average Bonchev–Trinajstić information content (AvgIpc) is 3.03. The number of rotatable bonds is 2. The van der Waals surface area contributed by atoms with Crippen molar-refractivity contribution in [1.82, 2.24) is 20.1 Å². The fraction of sp³-hybridized carbons (Fsp3) is 0.500. The Morgan fingerprint density at radius 3 is 2.65 bits per heavy atom. The Morgan fingerprint density at radius 2 is 1.91 bits per heavy atom. The van der Waals surface area contributed by atoms with Gasteiger partial charge in [-0.2, -0.15) is 5.10 Å². The molecule has 1 saturated heterocycles. The van der Waals surface area contributed by atoms with Crippen molar-refractivity contribution in [3.05, 3.63) is 45.5 Å². The maximum atomic E-state index is 6.23. The molecule has 5 nitrogen and oxygen atoms in total. The van der Waals surface area contributed by atoms with E-state index in [9.17, 15) is 0 Å². The van der Waals surface area contributed by atoms with Crippen molar-refractivity contribution >= 4 is 23.2 Å². The number of halogens is 2. The van der Waals surface area contributed by atoms with Gasteiger partial charge in [-0.1, -0.05) is 23.2 Å². The Balaban J connectivity index is 1.48. The molecule has 4 heterocycles. The van der Waals surface area contributed by atoms with Crippen molar-refractivity contribution in [2.45, 2.75) is 31.4 Å². The number of aromatic nitrogens is 3. The van der Waals surface area contributed by atoms with Gasteiger partial charge in [0.2, 0.25) is 0 Å². The van der Waals surface area contributed by atoms with E-state index in [1.165, 1.54) is 11.3 Å². The third-order valence-corrected chi connectivity index (χ3v) is 5.57. The van der Waals surface area contributed by atoms with E-state index in [2.05, 4.69) is 20.1 Å². The highest BCUT2D eigenvalue weighted by Crippen LogP contribution is 2.40. The maximum absolute atomic E-state index is 6.23. The minimum atomic E-state index is -0.202. The monoisotopic (exact) mass is 352 g/mol. The number of ether oxygens (including phenoxy) is 1. The number of H-pyrrole nitrogens is 1. The first-order valence-corrected chi connectivity index (χ1v) is 8.60. The Kier molecular flexibility index (Phi) is 4.05. The molecule has 23 heavy (non-hydrogen) atoms. The van der Waals surface area contributed by atoms with Gasteiger partial charge in [0, 0.05) is 37.6 Å². The van der Waals surface area contributed by atoms with Gasteiger partial charge in [0.1, 0.15) is 5.60 Å². The Labute approximate surface area is 144 Å². The largest absolute Gasteiger partial charge is 0.368 e. The first-order chi connectivity index (χ1) is 11.2. The summed E-state index contributed by atoms with van der Waals surface area (Å²) >= 11 is 12.5. The van der Waals surface area contributed by atoms with E-state index in [1.807, 2.05) is 6.20 Å². The van der Waals surface area contributed by atoms with E-state index in [1.54, 1.807) is 12.4 Å². The molecule has 4 rings (SSSR count). The van der Waals surface area contributed by atoms with Crippen molar-refractivity contribution in [1.29, 1.82) is 0 Å². The minimum absolute atomic E-state index is 0.202. The lowest BCUT2D eigenvalue weighted by molar-refractivity contribution is -0.102. The number of nitrogens with zero attached hydrogens (tertiary/aromatic N) is 3. The van der Waals surface area contributed by atoms with Gasteiger partial charge in [-0.3, -0.25) is 15.0 Å². The highest BCUT2D eigenvalue weighted by Gasteiger charge is 2.42. The third-order valence-electron chi connectivity index (χ3n) is 4.92. The van der Waals surface area contributed by atoms with E-state index >= 15 is 0 Å². The molecule has 0 unspecified atom stereocenters. The fourth-order valence-electron chi connectivity index (χ4n) is 3.60. The zero-order chi connectivity index (χ0) is 15.9. The number of piperidine rings is 1. The van der Waals surface area contributed by atoms with Gasteiger partial charge in [0.15, 0.2) is 0 Å². The number of hydrogen-bond donors (Lipinski definition) is 1. The SMILES string of the molecule is Clc1cncc(Cl)c1CN1CCC2(CC1)OCCc1cn[nH]c12. The highest BCUT2D eigenvalue weighted by atomic mass is 35.5. The summed E-state index contributed by atoms with van der Waals surface area (Å²) in [7, 11) is 0. The zero-order valence-corrected chi connectivity index (χ0v) is 14.2. The second-order valence-electron chi connectivity index (χ2n) is 6.22. The summed E-state index contributed by atoms with van der Waals surface area (Å²) in [5.74, 6) is 0. The lowest BCUT2D eigenvalue weighted by Gasteiger charge is -2.43. The Morgan fingerprint density at radius 1 is 1.17 bits per heavy atom. The van der Waals surface area contributed by atoms with E-state index in [4.69, 9.17) is 27.9 Å².